The van der Waals surface area contributed by atoms with Crippen molar-refractivity contribution in [2.75, 3.05) is 0 Å². The molecule has 0 aliphatic rings. The predicted molar refractivity (Wildman–Crippen MR) is 84.2 cm³/mol. The lowest BCUT2D eigenvalue weighted by Crippen LogP contribution is -2.23. The van der Waals surface area contributed by atoms with Gasteiger partial charge in [-0.2, -0.15) is 0 Å². The second kappa shape index (κ2) is 6.35. The first-order chi connectivity index (χ1) is 9.06. The van der Waals surface area contributed by atoms with E-state index in [2.05, 4.69) is 37.2 Å². The lowest BCUT2D eigenvalue weighted by Gasteiger charge is -2.08. The maximum Gasteiger partial charge on any atom is 0.251 e. The highest BCUT2D eigenvalue weighted by molar-refractivity contribution is 9.10. The van der Waals surface area contributed by atoms with Crippen LogP contribution >= 0.6 is 31.9 Å². The van der Waals surface area contributed by atoms with E-state index in [1.54, 1.807) is 0 Å². The van der Waals surface area contributed by atoms with Crippen molar-refractivity contribution in [2.24, 2.45) is 0 Å². The van der Waals surface area contributed by atoms with E-state index in [0.29, 0.717) is 12.1 Å². The summed E-state index contributed by atoms with van der Waals surface area (Å²) in [6.07, 6.45) is 0. The molecule has 19 heavy (non-hydrogen) atoms. The first kappa shape index (κ1) is 14.3. The molecule has 0 saturated heterocycles. The predicted octanol–water partition coefficient (Wildman–Crippen LogP) is 4.45. The number of benzene rings is 2. The van der Waals surface area contributed by atoms with Crippen molar-refractivity contribution in [3.8, 4) is 0 Å². The zero-order valence-corrected chi connectivity index (χ0v) is 13.6. The summed E-state index contributed by atoms with van der Waals surface area (Å²) in [7, 11) is 0. The number of nitrogens with one attached hydrogen (secondary N) is 1. The van der Waals surface area contributed by atoms with E-state index in [1.807, 2.05) is 49.4 Å². The van der Waals surface area contributed by atoms with Crippen molar-refractivity contribution in [1.82, 2.24) is 5.32 Å². The molecule has 4 heteroatoms. The van der Waals surface area contributed by atoms with Crippen molar-refractivity contribution in [3.05, 3.63) is 68.1 Å². The van der Waals surface area contributed by atoms with Gasteiger partial charge in [0.2, 0.25) is 0 Å². The molecule has 0 aromatic heterocycles. The van der Waals surface area contributed by atoms with Crippen LogP contribution in [0.15, 0.2) is 51.4 Å². The Morgan fingerprint density at radius 3 is 2.53 bits per heavy atom. The molecule has 1 N–H and O–H groups in total. The smallest absolute Gasteiger partial charge is 0.251 e. The summed E-state index contributed by atoms with van der Waals surface area (Å²) in [5.41, 5.74) is 2.73. The highest BCUT2D eigenvalue weighted by atomic mass is 79.9. The van der Waals surface area contributed by atoms with Gasteiger partial charge in [-0.05, 0) is 48.4 Å². The Bertz CT molecular complexity index is 611. The van der Waals surface area contributed by atoms with Gasteiger partial charge in [-0.15, -0.1) is 0 Å². The third kappa shape index (κ3) is 3.91. The van der Waals surface area contributed by atoms with E-state index < -0.39 is 0 Å². The molecule has 0 saturated carbocycles. The van der Waals surface area contributed by atoms with Crippen LogP contribution in [0.2, 0.25) is 0 Å². The molecule has 98 valence electrons. The van der Waals surface area contributed by atoms with Crippen LogP contribution in [0.4, 0.5) is 0 Å². The first-order valence-electron chi connectivity index (χ1n) is 5.85. The number of amides is 1. The molecule has 0 heterocycles. The van der Waals surface area contributed by atoms with Gasteiger partial charge in [0.05, 0.1) is 0 Å². The summed E-state index contributed by atoms with van der Waals surface area (Å²) in [5, 5.41) is 2.93. The van der Waals surface area contributed by atoms with E-state index in [9.17, 15) is 4.79 Å². The number of rotatable bonds is 3. The fraction of sp³-hybridized carbons (Fsp3) is 0.133. The molecule has 1 amide bonds. The maximum absolute atomic E-state index is 12.1. The van der Waals surface area contributed by atoms with Gasteiger partial charge < -0.3 is 5.32 Å². The van der Waals surface area contributed by atoms with Crippen LogP contribution in [0.25, 0.3) is 0 Å². The largest absolute Gasteiger partial charge is 0.348 e. The molecule has 0 unspecified atom stereocenters. The molecule has 0 aliphatic carbocycles. The van der Waals surface area contributed by atoms with Gasteiger partial charge in [0.1, 0.15) is 0 Å². The molecule has 0 radical (unpaired) electrons. The van der Waals surface area contributed by atoms with E-state index >= 15 is 0 Å². The van der Waals surface area contributed by atoms with E-state index in [-0.39, 0.29) is 5.91 Å². The topological polar surface area (TPSA) is 29.1 Å². The second-order valence-electron chi connectivity index (χ2n) is 4.27. The Hall–Kier alpha value is -1.13. The van der Waals surface area contributed by atoms with E-state index in [0.717, 1.165) is 20.1 Å². The molecular formula is C15H13Br2NO. The lowest BCUT2D eigenvalue weighted by molar-refractivity contribution is 0.0950. The molecule has 0 bridgehead atoms. The van der Waals surface area contributed by atoms with Crippen LogP contribution in [0.3, 0.4) is 0 Å². The lowest BCUT2D eigenvalue weighted by atomic mass is 10.1. The van der Waals surface area contributed by atoms with Gasteiger partial charge in [-0.3, -0.25) is 4.79 Å². The molecule has 2 nitrogen and oxygen atoms in total. The number of carbonyl (C=O) groups is 1. The minimum atomic E-state index is -0.0509. The van der Waals surface area contributed by atoms with E-state index in [4.69, 9.17) is 0 Å². The van der Waals surface area contributed by atoms with Gasteiger partial charge in [0.25, 0.3) is 5.91 Å². The maximum atomic E-state index is 12.1. The monoisotopic (exact) mass is 381 g/mol. The number of halogens is 2. The molecule has 0 spiro atoms. The quantitative estimate of drug-likeness (QED) is 0.834. The highest BCUT2D eigenvalue weighted by Crippen LogP contribution is 2.16. The average molecular weight is 383 g/mol. The molecular weight excluding hydrogens is 370 g/mol. The van der Waals surface area contributed by atoms with Crippen LogP contribution in [0.1, 0.15) is 21.5 Å². The Morgan fingerprint density at radius 2 is 1.84 bits per heavy atom. The fourth-order valence-electron chi connectivity index (χ4n) is 1.81. The van der Waals surface area contributed by atoms with Crippen LogP contribution < -0.4 is 5.32 Å². The highest BCUT2D eigenvalue weighted by Gasteiger charge is 2.08. The third-order valence-corrected chi connectivity index (χ3v) is 3.76. The van der Waals surface area contributed by atoms with E-state index in [1.165, 1.54) is 0 Å². The minimum absolute atomic E-state index is 0.0509. The molecule has 0 fully saturated rings. The van der Waals surface area contributed by atoms with Gasteiger partial charge in [0, 0.05) is 21.1 Å². The van der Waals surface area contributed by atoms with Crippen molar-refractivity contribution < 1.29 is 4.79 Å². The summed E-state index contributed by atoms with van der Waals surface area (Å²) in [6, 6.07) is 13.5. The number of hydrogen-bond donors (Lipinski definition) is 1. The number of carbonyl (C=O) groups excluding carboxylic acids is 1. The van der Waals surface area contributed by atoms with Crippen LogP contribution in [-0.4, -0.2) is 5.91 Å². The Labute approximate surface area is 129 Å². The Balaban J connectivity index is 2.05. The van der Waals surface area contributed by atoms with Crippen LogP contribution in [0.5, 0.6) is 0 Å². The van der Waals surface area contributed by atoms with Gasteiger partial charge in [-0.1, -0.05) is 44.0 Å². The second-order valence-corrected chi connectivity index (χ2v) is 6.10. The minimum Gasteiger partial charge on any atom is -0.348 e. The van der Waals surface area contributed by atoms with Crippen molar-refractivity contribution in [3.63, 3.8) is 0 Å². The van der Waals surface area contributed by atoms with Crippen molar-refractivity contribution in [1.29, 1.82) is 0 Å². The molecule has 0 atom stereocenters. The average Bonchev–Trinajstić information content (AvgIpc) is 2.36. The Kier molecular flexibility index (Phi) is 4.77. The standard InChI is InChI=1S/C15H13Br2NO/c1-10-7-13(17)5-6-14(10)15(19)18-9-11-3-2-4-12(16)8-11/h2-8H,9H2,1H3,(H,18,19). The van der Waals surface area contributed by atoms with Gasteiger partial charge >= 0.3 is 0 Å². The zero-order valence-electron chi connectivity index (χ0n) is 10.4. The summed E-state index contributed by atoms with van der Waals surface area (Å²) < 4.78 is 1.99. The number of hydrogen-bond acceptors (Lipinski definition) is 1. The van der Waals surface area contributed by atoms with Crippen LogP contribution in [0, 0.1) is 6.92 Å². The van der Waals surface area contributed by atoms with Crippen LogP contribution in [-0.2, 0) is 6.54 Å². The zero-order chi connectivity index (χ0) is 13.8. The first-order valence-corrected chi connectivity index (χ1v) is 7.43. The summed E-state index contributed by atoms with van der Waals surface area (Å²) in [6.45, 7) is 2.45. The summed E-state index contributed by atoms with van der Waals surface area (Å²) in [5.74, 6) is -0.0509. The fourth-order valence-corrected chi connectivity index (χ4v) is 2.73. The molecule has 0 aliphatic heterocycles. The summed E-state index contributed by atoms with van der Waals surface area (Å²) >= 11 is 6.81. The van der Waals surface area contributed by atoms with Gasteiger partial charge in [0.15, 0.2) is 0 Å². The van der Waals surface area contributed by atoms with Gasteiger partial charge in [-0.25, -0.2) is 0 Å². The normalized spacial score (nSPS) is 10.3. The molecule has 2 rings (SSSR count). The Morgan fingerprint density at radius 1 is 1.11 bits per heavy atom. The van der Waals surface area contributed by atoms with Crippen molar-refractivity contribution >= 4 is 37.8 Å². The third-order valence-electron chi connectivity index (χ3n) is 2.78. The van der Waals surface area contributed by atoms with Crippen molar-refractivity contribution in [2.45, 2.75) is 13.5 Å². The molecule has 2 aromatic carbocycles. The number of aryl methyl sites for hydroxylation is 1. The molecule has 2 aromatic rings. The summed E-state index contributed by atoms with van der Waals surface area (Å²) in [4.78, 5) is 12.1. The SMILES string of the molecule is Cc1cc(Br)ccc1C(=O)NCc1cccc(Br)c1.